The minimum absolute atomic E-state index is 0.137. The number of nitrogens with one attached hydrogen (secondary N) is 1. The zero-order valence-corrected chi connectivity index (χ0v) is 14.8. The van der Waals surface area contributed by atoms with Crippen LogP contribution >= 0.6 is 0 Å². The molecule has 1 N–H and O–H groups in total. The van der Waals surface area contributed by atoms with Gasteiger partial charge in [0.05, 0.1) is 13.2 Å². The molecule has 0 bridgehead atoms. The molecule has 0 amide bonds. The number of likely N-dealkylation sites (tertiary alicyclic amines) is 1. The van der Waals surface area contributed by atoms with Crippen LogP contribution < -0.4 is 0 Å². The number of aromatic amines is 1. The van der Waals surface area contributed by atoms with Crippen molar-refractivity contribution in [1.29, 1.82) is 0 Å². The Hall–Kier alpha value is -1.17. The van der Waals surface area contributed by atoms with Gasteiger partial charge in [-0.05, 0) is 31.7 Å². The van der Waals surface area contributed by atoms with Crippen molar-refractivity contribution in [2.45, 2.75) is 51.7 Å². The van der Waals surface area contributed by atoms with Crippen molar-refractivity contribution in [2.75, 3.05) is 32.8 Å². The molecule has 1 spiro atoms. The van der Waals surface area contributed by atoms with Crippen LogP contribution in [0, 0.1) is 12.8 Å². The number of hydrogen-bond acceptors (Lipinski definition) is 4. The fourth-order valence-electron chi connectivity index (χ4n) is 4.66. The van der Waals surface area contributed by atoms with E-state index in [0.717, 1.165) is 76.2 Å². The zero-order valence-electron chi connectivity index (χ0n) is 14.8. The molecule has 5 nitrogen and oxygen atoms in total. The summed E-state index contributed by atoms with van der Waals surface area (Å²) in [5.41, 5.74) is 4.56. The molecule has 1 aromatic rings. The second-order valence-corrected chi connectivity index (χ2v) is 7.44. The van der Waals surface area contributed by atoms with Gasteiger partial charge in [-0.3, -0.25) is 4.79 Å². The number of hydrogen-bond donors (Lipinski definition) is 1. The number of carbonyl (C=O) groups is 1. The third-order valence-corrected chi connectivity index (χ3v) is 6.02. The summed E-state index contributed by atoms with van der Waals surface area (Å²) in [7, 11) is 0. The van der Waals surface area contributed by atoms with Crippen molar-refractivity contribution < 1.29 is 14.3 Å². The number of aryl methyl sites for hydroxylation is 2. The maximum atomic E-state index is 13.0. The SMILES string of the molecule is CCc1c(C)[nH]c2c1C(=O)C(CN1CCC3(CC1)OCCO3)CC2. The summed E-state index contributed by atoms with van der Waals surface area (Å²) in [4.78, 5) is 18.9. The molecule has 1 aliphatic carbocycles. The van der Waals surface area contributed by atoms with Gasteiger partial charge in [0.2, 0.25) is 0 Å². The maximum absolute atomic E-state index is 13.0. The van der Waals surface area contributed by atoms with E-state index in [2.05, 4.69) is 23.7 Å². The number of piperidine rings is 1. The van der Waals surface area contributed by atoms with Gasteiger partial charge in [0.1, 0.15) is 0 Å². The topological polar surface area (TPSA) is 54.6 Å². The van der Waals surface area contributed by atoms with Crippen molar-refractivity contribution in [3.05, 3.63) is 22.5 Å². The monoisotopic (exact) mass is 332 g/mol. The molecule has 2 fully saturated rings. The first-order chi connectivity index (χ1) is 11.6. The normalized spacial score (nSPS) is 26.9. The molecule has 3 aliphatic rings. The van der Waals surface area contributed by atoms with Gasteiger partial charge in [-0.15, -0.1) is 0 Å². The number of ether oxygens (including phenoxy) is 2. The number of aromatic nitrogens is 1. The smallest absolute Gasteiger partial charge is 0.170 e. The first kappa shape index (κ1) is 16.3. The molecule has 0 aromatic carbocycles. The Labute approximate surface area is 143 Å². The first-order valence-corrected chi connectivity index (χ1v) is 9.36. The average molecular weight is 332 g/mol. The van der Waals surface area contributed by atoms with E-state index in [1.807, 2.05) is 0 Å². The third-order valence-electron chi connectivity index (χ3n) is 6.02. The summed E-state index contributed by atoms with van der Waals surface area (Å²) in [5.74, 6) is 0.163. The highest BCUT2D eigenvalue weighted by atomic mass is 16.7. The highest BCUT2D eigenvalue weighted by molar-refractivity contribution is 6.01. The molecular weight excluding hydrogens is 304 g/mol. The number of fused-ring (bicyclic) bond motifs is 1. The molecule has 2 aliphatic heterocycles. The Balaban J connectivity index is 1.42. The van der Waals surface area contributed by atoms with Crippen LogP contribution in [0.1, 0.15) is 53.5 Å². The number of rotatable bonds is 3. The number of nitrogens with zero attached hydrogens (tertiary/aromatic N) is 1. The number of H-pyrrole nitrogens is 1. The molecule has 3 heterocycles. The van der Waals surface area contributed by atoms with Crippen LogP contribution in [0.25, 0.3) is 0 Å². The minimum Gasteiger partial charge on any atom is -0.362 e. The van der Waals surface area contributed by atoms with Crippen molar-refractivity contribution >= 4 is 5.78 Å². The van der Waals surface area contributed by atoms with E-state index in [0.29, 0.717) is 5.78 Å². The summed E-state index contributed by atoms with van der Waals surface area (Å²) in [5, 5.41) is 0. The van der Waals surface area contributed by atoms with Gasteiger partial charge in [-0.2, -0.15) is 0 Å². The van der Waals surface area contributed by atoms with Crippen molar-refractivity contribution in [3.63, 3.8) is 0 Å². The van der Waals surface area contributed by atoms with Crippen molar-refractivity contribution in [2.24, 2.45) is 5.92 Å². The molecule has 24 heavy (non-hydrogen) atoms. The Bertz CT molecular complexity index is 621. The standard InChI is InChI=1S/C19H28N2O3/c1-3-15-13(2)20-16-5-4-14(18(22)17(15)16)12-21-8-6-19(7-9-21)23-10-11-24-19/h14,20H,3-12H2,1-2H3. The van der Waals surface area contributed by atoms with E-state index in [1.165, 1.54) is 11.3 Å². The van der Waals surface area contributed by atoms with Gasteiger partial charge in [0, 0.05) is 55.3 Å². The molecule has 5 heteroatoms. The van der Waals surface area contributed by atoms with E-state index in [9.17, 15) is 4.79 Å². The van der Waals surface area contributed by atoms with Crippen LogP contribution in [0.3, 0.4) is 0 Å². The highest BCUT2D eigenvalue weighted by Gasteiger charge is 2.41. The van der Waals surface area contributed by atoms with Gasteiger partial charge in [0.25, 0.3) is 0 Å². The molecule has 1 aromatic heterocycles. The number of ketones is 1. The number of Topliss-reactive ketones (excluding diaryl/α,β-unsaturated/α-hetero) is 1. The lowest BCUT2D eigenvalue weighted by Gasteiger charge is -2.39. The molecule has 0 radical (unpaired) electrons. The molecule has 132 valence electrons. The van der Waals surface area contributed by atoms with E-state index >= 15 is 0 Å². The van der Waals surface area contributed by atoms with E-state index in [-0.39, 0.29) is 11.7 Å². The minimum atomic E-state index is -0.326. The van der Waals surface area contributed by atoms with Crippen molar-refractivity contribution in [3.8, 4) is 0 Å². The summed E-state index contributed by atoms with van der Waals surface area (Å²) in [6.07, 6.45) is 4.72. The molecule has 4 rings (SSSR count). The zero-order chi connectivity index (χ0) is 16.7. The van der Waals surface area contributed by atoms with Gasteiger partial charge < -0.3 is 19.4 Å². The Morgan fingerprint density at radius 2 is 1.96 bits per heavy atom. The van der Waals surface area contributed by atoms with Crippen LogP contribution in [0.15, 0.2) is 0 Å². The van der Waals surface area contributed by atoms with Gasteiger partial charge in [-0.25, -0.2) is 0 Å². The lowest BCUT2D eigenvalue weighted by atomic mass is 9.83. The molecule has 0 saturated carbocycles. The third kappa shape index (κ3) is 2.72. The fourth-order valence-corrected chi connectivity index (χ4v) is 4.66. The highest BCUT2D eigenvalue weighted by Crippen LogP contribution is 2.34. The molecule has 1 unspecified atom stereocenters. The summed E-state index contributed by atoms with van der Waals surface area (Å²) >= 11 is 0. The van der Waals surface area contributed by atoms with Gasteiger partial charge >= 0.3 is 0 Å². The largest absolute Gasteiger partial charge is 0.362 e. The van der Waals surface area contributed by atoms with Crippen LogP contribution in [-0.2, 0) is 22.3 Å². The second kappa shape index (κ2) is 6.28. The Morgan fingerprint density at radius 1 is 1.25 bits per heavy atom. The van der Waals surface area contributed by atoms with Crippen LogP contribution in [0.5, 0.6) is 0 Å². The molecule has 1 atom stereocenters. The molecule has 2 saturated heterocycles. The van der Waals surface area contributed by atoms with Crippen LogP contribution in [0.4, 0.5) is 0 Å². The quantitative estimate of drug-likeness (QED) is 0.924. The average Bonchev–Trinajstić information content (AvgIpc) is 3.16. The van der Waals surface area contributed by atoms with Crippen LogP contribution in [-0.4, -0.2) is 54.3 Å². The predicted molar refractivity (Wildman–Crippen MR) is 91.4 cm³/mol. The van der Waals surface area contributed by atoms with Gasteiger partial charge in [0.15, 0.2) is 11.6 Å². The second-order valence-electron chi connectivity index (χ2n) is 7.44. The number of carbonyl (C=O) groups excluding carboxylic acids is 1. The summed E-state index contributed by atoms with van der Waals surface area (Å²) in [6.45, 7) is 8.46. The Kier molecular flexibility index (Phi) is 4.27. The fraction of sp³-hybridized carbons (Fsp3) is 0.737. The Morgan fingerprint density at radius 3 is 2.62 bits per heavy atom. The van der Waals surface area contributed by atoms with Crippen molar-refractivity contribution in [1.82, 2.24) is 9.88 Å². The van der Waals surface area contributed by atoms with Gasteiger partial charge in [-0.1, -0.05) is 6.92 Å². The van der Waals surface area contributed by atoms with E-state index < -0.39 is 0 Å². The predicted octanol–water partition coefficient (Wildman–Crippen LogP) is 2.47. The first-order valence-electron chi connectivity index (χ1n) is 9.36. The van der Waals surface area contributed by atoms with E-state index in [1.54, 1.807) is 0 Å². The van der Waals surface area contributed by atoms with Crippen LogP contribution in [0.2, 0.25) is 0 Å². The lowest BCUT2D eigenvalue weighted by Crippen LogP contribution is -2.47. The molecular formula is C19H28N2O3. The summed E-state index contributed by atoms with van der Waals surface area (Å²) < 4.78 is 11.6. The lowest BCUT2D eigenvalue weighted by molar-refractivity contribution is -0.185. The summed E-state index contributed by atoms with van der Waals surface area (Å²) in [6, 6.07) is 0. The maximum Gasteiger partial charge on any atom is 0.170 e. The van der Waals surface area contributed by atoms with E-state index in [4.69, 9.17) is 9.47 Å².